The van der Waals surface area contributed by atoms with Crippen LogP contribution in [0.1, 0.15) is 6.42 Å². The molecule has 1 rings (SSSR count). The van der Waals surface area contributed by atoms with Crippen LogP contribution in [0, 0.1) is 17.2 Å². The molecule has 2 nitrogen and oxygen atoms in total. The molecule has 0 bridgehead atoms. The lowest BCUT2D eigenvalue weighted by Gasteiger charge is -2.07. The van der Waals surface area contributed by atoms with Gasteiger partial charge >= 0.3 is 0 Å². The fourth-order valence-electron chi connectivity index (χ4n) is 1.00. The zero-order valence-electron chi connectivity index (χ0n) is 6.46. The molecule has 0 saturated carbocycles. The summed E-state index contributed by atoms with van der Waals surface area (Å²) in [4.78, 5) is 11.0. The molecule has 0 fully saturated rings. The average molecular weight is 182 g/mol. The van der Waals surface area contributed by atoms with Gasteiger partial charge in [0.15, 0.2) is 5.78 Å². The van der Waals surface area contributed by atoms with Gasteiger partial charge in [0.05, 0.1) is 17.9 Å². The molecule has 0 radical (unpaired) electrons. The summed E-state index contributed by atoms with van der Waals surface area (Å²) in [5.41, 5.74) is 0.622. The average Bonchev–Trinajstić information content (AvgIpc) is 2.17. The van der Waals surface area contributed by atoms with Crippen LogP contribution >= 0.6 is 11.6 Å². The van der Waals surface area contributed by atoms with Crippen LogP contribution < -0.4 is 0 Å². The Kier molecular flexibility index (Phi) is 3.07. The van der Waals surface area contributed by atoms with Crippen molar-refractivity contribution in [1.29, 1.82) is 5.26 Å². The highest BCUT2D eigenvalue weighted by Gasteiger charge is 2.11. The Hall–Kier alpha value is -1.07. The third kappa shape index (κ3) is 1.96. The van der Waals surface area contributed by atoms with Gasteiger partial charge < -0.3 is 0 Å². The van der Waals surface area contributed by atoms with Crippen LogP contribution in [0.2, 0.25) is 0 Å². The summed E-state index contributed by atoms with van der Waals surface area (Å²) in [5.74, 6) is -0.158. The van der Waals surface area contributed by atoms with E-state index in [-0.39, 0.29) is 17.6 Å². The third-order valence-electron chi connectivity index (χ3n) is 1.71. The molecule has 0 spiro atoms. The summed E-state index contributed by atoms with van der Waals surface area (Å²) in [5, 5.41) is 8.53. The molecule has 0 saturated heterocycles. The SMILES string of the molecule is N#CC1C=CC(C(=O)CCl)=CC1. The first-order valence-electron chi connectivity index (χ1n) is 3.65. The van der Waals surface area contributed by atoms with Crippen LogP contribution in [0.3, 0.4) is 0 Å². The van der Waals surface area contributed by atoms with Crippen LogP contribution in [-0.2, 0) is 4.79 Å². The highest BCUT2D eigenvalue weighted by molar-refractivity contribution is 6.30. The van der Waals surface area contributed by atoms with Gasteiger partial charge in [-0.3, -0.25) is 4.79 Å². The fourth-order valence-corrected chi connectivity index (χ4v) is 1.15. The van der Waals surface area contributed by atoms with E-state index in [1.165, 1.54) is 0 Å². The van der Waals surface area contributed by atoms with Gasteiger partial charge in [0.2, 0.25) is 0 Å². The molecule has 1 aliphatic carbocycles. The Morgan fingerprint density at radius 3 is 3.00 bits per heavy atom. The number of rotatable bonds is 2. The molecule has 0 aromatic rings. The molecule has 0 aromatic carbocycles. The van der Waals surface area contributed by atoms with E-state index in [0.717, 1.165) is 0 Å². The molecule has 1 unspecified atom stereocenters. The van der Waals surface area contributed by atoms with E-state index >= 15 is 0 Å². The second kappa shape index (κ2) is 4.08. The first-order valence-corrected chi connectivity index (χ1v) is 4.18. The second-order valence-corrected chi connectivity index (χ2v) is 2.81. The molecule has 3 heteroatoms. The van der Waals surface area contributed by atoms with Gasteiger partial charge in [-0.15, -0.1) is 11.6 Å². The summed E-state index contributed by atoms with van der Waals surface area (Å²) in [6.45, 7) is 0. The summed E-state index contributed by atoms with van der Waals surface area (Å²) < 4.78 is 0. The first-order chi connectivity index (χ1) is 5.77. The van der Waals surface area contributed by atoms with E-state index in [9.17, 15) is 4.79 Å². The van der Waals surface area contributed by atoms with Crippen molar-refractivity contribution in [1.82, 2.24) is 0 Å². The third-order valence-corrected chi connectivity index (χ3v) is 1.95. The molecule has 0 heterocycles. The molecule has 12 heavy (non-hydrogen) atoms. The maximum absolute atomic E-state index is 11.0. The summed E-state index contributed by atoms with van der Waals surface area (Å²) in [6, 6.07) is 2.11. The van der Waals surface area contributed by atoms with Gasteiger partial charge in [-0.25, -0.2) is 0 Å². The Morgan fingerprint density at radius 2 is 2.58 bits per heavy atom. The molecule has 0 amide bonds. The zero-order valence-corrected chi connectivity index (χ0v) is 7.21. The highest BCUT2D eigenvalue weighted by Crippen LogP contribution is 2.16. The lowest BCUT2D eigenvalue weighted by Crippen LogP contribution is -2.06. The quantitative estimate of drug-likeness (QED) is 0.610. The lowest BCUT2D eigenvalue weighted by atomic mass is 9.96. The van der Waals surface area contributed by atoms with Crippen molar-refractivity contribution in [3.63, 3.8) is 0 Å². The van der Waals surface area contributed by atoms with Crippen molar-refractivity contribution in [3.05, 3.63) is 23.8 Å². The number of Topliss-reactive ketones (excluding diaryl/α,β-unsaturated/α-hetero) is 1. The van der Waals surface area contributed by atoms with Crippen LogP contribution in [-0.4, -0.2) is 11.7 Å². The molecule has 0 aromatic heterocycles. The largest absolute Gasteiger partial charge is 0.293 e. The zero-order chi connectivity index (χ0) is 8.97. The molecule has 62 valence electrons. The number of hydrogen-bond donors (Lipinski definition) is 0. The van der Waals surface area contributed by atoms with Gasteiger partial charge in [0.25, 0.3) is 0 Å². The molecular weight excluding hydrogens is 174 g/mol. The highest BCUT2D eigenvalue weighted by atomic mass is 35.5. The predicted molar refractivity (Wildman–Crippen MR) is 46.7 cm³/mol. The maximum Gasteiger partial charge on any atom is 0.177 e. The molecular formula is C9H8ClNO. The number of hydrogen-bond acceptors (Lipinski definition) is 2. The Labute approximate surface area is 76.1 Å². The van der Waals surface area contributed by atoms with Crippen molar-refractivity contribution in [3.8, 4) is 6.07 Å². The van der Waals surface area contributed by atoms with Crippen molar-refractivity contribution in [2.75, 3.05) is 5.88 Å². The molecule has 1 atom stereocenters. The number of halogens is 1. The van der Waals surface area contributed by atoms with Crippen molar-refractivity contribution < 1.29 is 4.79 Å². The van der Waals surface area contributed by atoms with Crippen LogP contribution in [0.15, 0.2) is 23.8 Å². The molecule has 0 N–H and O–H groups in total. The van der Waals surface area contributed by atoms with E-state index < -0.39 is 0 Å². The Balaban J connectivity index is 2.65. The number of nitriles is 1. The van der Waals surface area contributed by atoms with E-state index in [4.69, 9.17) is 16.9 Å². The number of nitrogens with zero attached hydrogens (tertiary/aromatic N) is 1. The summed E-state index contributed by atoms with van der Waals surface area (Å²) in [6.07, 6.45) is 5.78. The minimum Gasteiger partial charge on any atom is -0.293 e. The van der Waals surface area contributed by atoms with Gasteiger partial charge in [0.1, 0.15) is 0 Å². The lowest BCUT2D eigenvalue weighted by molar-refractivity contribution is -0.113. The number of allylic oxidation sites excluding steroid dienone is 4. The monoisotopic (exact) mass is 181 g/mol. The Bertz CT molecular complexity index is 285. The van der Waals surface area contributed by atoms with Crippen LogP contribution in [0.25, 0.3) is 0 Å². The molecule has 0 aliphatic heterocycles. The van der Waals surface area contributed by atoms with Gasteiger partial charge in [0, 0.05) is 5.57 Å². The summed E-state index contributed by atoms with van der Waals surface area (Å²) in [7, 11) is 0. The van der Waals surface area contributed by atoms with Gasteiger partial charge in [-0.2, -0.15) is 5.26 Å². The smallest absolute Gasteiger partial charge is 0.177 e. The van der Waals surface area contributed by atoms with E-state index in [1.54, 1.807) is 18.2 Å². The standard InChI is InChI=1S/C9H8ClNO/c10-5-9(12)8-3-1-7(6-11)2-4-8/h1,3-4,7H,2,5H2. The van der Waals surface area contributed by atoms with Crippen molar-refractivity contribution >= 4 is 17.4 Å². The first kappa shape index (κ1) is 9.02. The normalized spacial score (nSPS) is 21.3. The van der Waals surface area contributed by atoms with Crippen LogP contribution in [0.4, 0.5) is 0 Å². The number of alkyl halides is 1. The van der Waals surface area contributed by atoms with Gasteiger partial charge in [-0.1, -0.05) is 18.2 Å². The summed E-state index contributed by atoms with van der Waals surface area (Å²) >= 11 is 5.37. The van der Waals surface area contributed by atoms with E-state index in [2.05, 4.69) is 6.07 Å². The number of ketones is 1. The van der Waals surface area contributed by atoms with E-state index in [1.807, 2.05) is 0 Å². The number of carbonyl (C=O) groups excluding carboxylic acids is 1. The maximum atomic E-state index is 11.0. The second-order valence-electron chi connectivity index (χ2n) is 2.55. The Morgan fingerprint density at radius 1 is 1.83 bits per heavy atom. The van der Waals surface area contributed by atoms with Crippen molar-refractivity contribution in [2.45, 2.75) is 6.42 Å². The minimum absolute atomic E-state index is 0.00733. The van der Waals surface area contributed by atoms with Gasteiger partial charge in [-0.05, 0) is 6.42 Å². The predicted octanol–water partition coefficient (Wildman–Crippen LogP) is 1.82. The van der Waals surface area contributed by atoms with Crippen molar-refractivity contribution in [2.24, 2.45) is 5.92 Å². The minimum atomic E-state index is -0.0862. The van der Waals surface area contributed by atoms with E-state index in [0.29, 0.717) is 12.0 Å². The molecule has 1 aliphatic rings. The fraction of sp³-hybridized carbons (Fsp3) is 0.333. The van der Waals surface area contributed by atoms with Crippen LogP contribution in [0.5, 0.6) is 0 Å². The number of carbonyl (C=O) groups is 1. The topological polar surface area (TPSA) is 40.9 Å².